The minimum Gasteiger partial charge on any atom is -0.444 e. The van der Waals surface area contributed by atoms with E-state index >= 15 is 0 Å². The van der Waals surface area contributed by atoms with Crippen LogP contribution in [0.15, 0.2) is 24.3 Å². The Hall–Kier alpha value is -2.31. The third-order valence-electron chi connectivity index (χ3n) is 4.59. The maximum absolute atomic E-state index is 13.3. The monoisotopic (exact) mass is 393 g/mol. The van der Waals surface area contributed by atoms with Crippen LogP contribution in [0.3, 0.4) is 0 Å². The van der Waals surface area contributed by atoms with E-state index in [2.05, 4.69) is 5.32 Å². The van der Waals surface area contributed by atoms with E-state index in [1.165, 1.54) is 12.1 Å². The second kappa shape index (κ2) is 9.26. The van der Waals surface area contributed by atoms with E-state index in [1.54, 1.807) is 21.9 Å². The summed E-state index contributed by atoms with van der Waals surface area (Å²) in [5.74, 6) is -0.221. The van der Waals surface area contributed by atoms with Gasteiger partial charge < -0.3 is 19.9 Å². The molecule has 1 unspecified atom stereocenters. The van der Waals surface area contributed by atoms with Crippen LogP contribution >= 0.6 is 0 Å². The number of nitrogens with one attached hydrogen (secondary N) is 1. The van der Waals surface area contributed by atoms with Crippen molar-refractivity contribution in [2.24, 2.45) is 5.92 Å². The summed E-state index contributed by atoms with van der Waals surface area (Å²) in [7, 11) is 0. The molecular formula is C21H32FN3O3. The highest BCUT2D eigenvalue weighted by molar-refractivity contribution is 5.89. The predicted molar refractivity (Wildman–Crippen MR) is 108 cm³/mol. The van der Waals surface area contributed by atoms with Gasteiger partial charge in [0.1, 0.15) is 11.4 Å². The number of hydrogen-bond donors (Lipinski definition) is 1. The first-order chi connectivity index (χ1) is 13.0. The molecule has 2 rings (SSSR count). The number of hydrogen-bond acceptors (Lipinski definition) is 3. The van der Waals surface area contributed by atoms with Crippen molar-refractivity contribution >= 4 is 17.8 Å². The molecule has 0 aromatic heterocycles. The zero-order valence-electron chi connectivity index (χ0n) is 17.5. The Kier molecular flexibility index (Phi) is 7.27. The fraction of sp³-hybridized carbons (Fsp3) is 0.619. The fourth-order valence-electron chi connectivity index (χ4n) is 3.26. The third-order valence-corrected chi connectivity index (χ3v) is 4.59. The largest absolute Gasteiger partial charge is 0.444 e. The predicted octanol–water partition coefficient (Wildman–Crippen LogP) is 4.72. The van der Waals surface area contributed by atoms with Crippen LogP contribution in [-0.2, 0) is 4.74 Å². The Balaban J connectivity index is 1.97. The molecule has 0 spiro atoms. The van der Waals surface area contributed by atoms with Gasteiger partial charge in [0.25, 0.3) is 0 Å². The number of urea groups is 1. The van der Waals surface area contributed by atoms with Crippen molar-refractivity contribution < 1.29 is 18.7 Å². The van der Waals surface area contributed by atoms with Crippen LogP contribution in [0.25, 0.3) is 0 Å². The molecule has 1 aromatic carbocycles. The van der Waals surface area contributed by atoms with Crippen molar-refractivity contribution in [1.29, 1.82) is 0 Å². The molecule has 0 saturated carbocycles. The van der Waals surface area contributed by atoms with Crippen LogP contribution in [0.4, 0.5) is 19.7 Å². The van der Waals surface area contributed by atoms with Crippen molar-refractivity contribution in [1.82, 2.24) is 9.80 Å². The number of piperidine rings is 1. The van der Waals surface area contributed by atoms with Gasteiger partial charge in [-0.05, 0) is 71.6 Å². The van der Waals surface area contributed by atoms with Gasteiger partial charge in [0.2, 0.25) is 0 Å². The zero-order valence-corrected chi connectivity index (χ0v) is 17.5. The molecule has 1 heterocycles. The molecule has 1 aromatic rings. The van der Waals surface area contributed by atoms with Gasteiger partial charge in [-0.3, -0.25) is 0 Å². The first kappa shape index (κ1) is 22.0. The van der Waals surface area contributed by atoms with E-state index in [-0.39, 0.29) is 29.9 Å². The topological polar surface area (TPSA) is 61.9 Å². The Morgan fingerprint density at radius 1 is 1.36 bits per heavy atom. The first-order valence-corrected chi connectivity index (χ1v) is 9.86. The number of carbonyl (C=O) groups excluding carboxylic acids is 2. The maximum atomic E-state index is 13.3. The molecule has 1 aliphatic heterocycles. The van der Waals surface area contributed by atoms with Gasteiger partial charge in [0.05, 0.1) is 0 Å². The number of nitrogens with zero attached hydrogens (tertiary/aromatic N) is 2. The van der Waals surface area contributed by atoms with Crippen molar-refractivity contribution in [3.8, 4) is 0 Å². The lowest BCUT2D eigenvalue weighted by molar-refractivity contribution is 0.0132. The van der Waals surface area contributed by atoms with Gasteiger partial charge in [0.15, 0.2) is 0 Å². The highest BCUT2D eigenvalue weighted by atomic mass is 19.1. The van der Waals surface area contributed by atoms with E-state index in [0.717, 1.165) is 12.8 Å². The average molecular weight is 394 g/mol. The minimum atomic E-state index is -0.548. The van der Waals surface area contributed by atoms with Gasteiger partial charge >= 0.3 is 12.1 Å². The van der Waals surface area contributed by atoms with E-state index in [0.29, 0.717) is 25.3 Å². The van der Waals surface area contributed by atoms with Crippen LogP contribution in [0.1, 0.15) is 47.5 Å². The van der Waals surface area contributed by atoms with Crippen LogP contribution in [-0.4, -0.2) is 53.2 Å². The molecule has 156 valence electrons. The minimum absolute atomic E-state index is 0.00588. The highest BCUT2D eigenvalue weighted by Crippen LogP contribution is 2.21. The summed E-state index contributed by atoms with van der Waals surface area (Å²) < 4.78 is 18.8. The molecule has 0 bridgehead atoms. The number of halogens is 1. The number of rotatable bonds is 4. The first-order valence-electron chi connectivity index (χ1n) is 9.86. The van der Waals surface area contributed by atoms with Gasteiger partial charge in [-0.15, -0.1) is 0 Å². The van der Waals surface area contributed by atoms with Crippen molar-refractivity contribution in [2.75, 3.05) is 25.0 Å². The Morgan fingerprint density at radius 3 is 2.68 bits per heavy atom. The van der Waals surface area contributed by atoms with Crippen LogP contribution in [0.5, 0.6) is 0 Å². The Labute approximate surface area is 167 Å². The molecule has 6 nitrogen and oxygen atoms in total. The van der Waals surface area contributed by atoms with E-state index in [1.807, 2.05) is 34.6 Å². The molecule has 3 amide bonds. The van der Waals surface area contributed by atoms with Crippen LogP contribution in [0, 0.1) is 11.7 Å². The molecule has 28 heavy (non-hydrogen) atoms. The summed E-state index contributed by atoms with van der Waals surface area (Å²) in [6, 6.07) is 5.61. The standard InChI is InChI=1S/C21H32FN3O3/c1-15(2)25(20(27)28-21(3,4)5)14-16-8-7-11-24(13-16)19(26)23-18-10-6-9-17(22)12-18/h6,9-10,12,15-16H,7-8,11,13-14H2,1-5H3,(H,23,26). The number of amides is 3. The summed E-state index contributed by atoms with van der Waals surface area (Å²) in [6.07, 6.45) is 1.47. The van der Waals surface area contributed by atoms with Gasteiger partial charge in [-0.2, -0.15) is 0 Å². The van der Waals surface area contributed by atoms with E-state index < -0.39 is 5.60 Å². The second-order valence-electron chi connectivity index (χ2n) is 8.62. The third kappa shape index (κ3) is 6.69. The highest BCUT2D eigenvalue weighted by Gasteiger charge is 2.30. The van der Waals surface area contributed by atoms with E-state index in [4.69, 9.17) is 4.74 Å². The molecule has 1 aliphatic rings. The molecule has 7 heteroatoms. The molecule has 1 N–H and O–H groups in total. The number of anilines is 1. The second-order valence-corrected chi connectivity index (χ2v) is 8.62. The van der Waals surface area contributed by atoms with E-state index in [9.17, 15) is 14.0 Å². The Morgan fingerprint density at radius 2 is 2.07 bits per heavy atom. The number of carbonyl (C=O) groups is 2. The van der Waals surface area contributed by atoms with Crippen molar-refractivity contribution in [3.63, 3.8) is 0 Å². The molecule has 0 aliphatic carbocycles. The lowest BCUT2D eigenvalue weighted by Gasteiger charge is -2.37. The quantitative estimate of drug-likeness (QED) is 0.805. The van der Waals surface area contributed by atoms with Gasteiger partial charge in [0, 0.05) is 31.4 Å². The summed E-state index contributed by atoms with van der Waals surface area (Å²) in [5, 5.41) is 2.74. The summed E-state index contributed by atoms with van der Waals surface area (Å²) in [5.41, 5.74) is -0.113. The molecule has 1 atom stereocenters. The van der Waals surface area contributed by atoms with Crippen LogP contribution in [0.2, 0.25) is 0 Å². The Bertz CT molecular complexity index is 688. The van der Waals surface area contributed by atoms with Gasteiger partial charge in [-0.1, -0.05) is 6.07 Å². The summed E-state index contributed by atoms with van der Waals surface area (Å²) in [6.45, 7) is 11.2. The lowest BCUT2D eigenvalue weighted by atomic mass is 9.97. The molecule has 1 saturated heterocycles. The molecular weight excluding hydrogens is 361 g/mol. The van der Waals surface area contributed by atoms with Gasteiger partial charge in [-0.25, -0.2) is 14.0 Å². The maximum Gasteiger partial charge on any atom is 0.410 e. The van der Waals surface area contributed by atoms with Crippen LogP contribution < -0.4 is 5.32 Å². The SMILES string of the molecule is CC(C)N(CC1CCCN(C(=O)Nc2cccc(F)c2)C1)C(=O)OC(C)(C)C. The molecule has 1 fully saturated rings. The summed E-state index contributed by atoms with van der Waals surface area (Å²) in [4.78, 5) is 28.5. The normalized spacial score (nSPS) is 17.4. The van der Waals surface area contributed by atoms with Crippen molar-refractivity contribution in [2.45, 2.75) is 59.1 Å². The molecule has 0 radical (unpaired) electrons. The smallest absolute Gasteiger partial charge is 0.410 e. The fourth-order valence-corrected chi connectivity index (χ4v) is 3.26. The summed E-state index contributed by atoms with van der Waals surface area (Å²) >= 11 is 0. The average Bonchev–Trinajstić information content (AvgIpc) is 2.58. The number of likely N-dealkylation sites (tertiary alicyclic amines) is 1. The number of ether oxygens (including phenoxy) is 1. The number of benzene rings is 1. The lowest BCUT2D eigenvalue weighted by Crippen LogP contribution is -2.48. The van der Waals surface area contributed by atoms with Crippen molar-refractivity contribution in [3.05, 3.63) is 30.1 Å². The zero-order chi connectivity index (χ0) is 20.9.